The summed E-state index contributed by atoms with van der Waals surface area (Å²) < 4.78 is 1.52. The van der Waals surface area contributed by atoms with Crippen LogP contribution in [0.3, 0.4) is 0 Å². The zero-order chi connectivity index (χ0) is 10.1. The van der Waals surface area contributed by atoms with Crippen molar-refractivity contribution in [2.24, 2.45) is 0 Å². The summed E-state index contributed by atoms with van der Waals surface area (Å²) in [6.07, 6.45) is 1.02. The summed E-state index contributed by atoms with van der Waals surface area (Å²) in [6, 6.07) is 10.6. The molecule has 1 aromatic rings. The molecular weight excluding hydrogens is 353 g/mol. The second-order valence-electron chi connectivity index (χ2n) is 2.63. The summed E-state index contributed by atoms with van der Waals surface area (Å²) >= 11 is 0.810. The van der Waals surface area contributed by atoms with Gasteiger partial charge in [-0.15, -0.1) is 0 Å². The van der Waals surface area contributed by atoms with Crippen molar-refractivity contribution in [3.05, 3.63) is 30.3 Å². The molecule has 0 fully saturated rings. The molecule has 0 spiro atoms. The number of carbonyl (C=O) groups is 1. The zero-order valence-electron chi connectivity index (χ0n) is 7.86. The van der Waals surface area contributed by atoms with E-state index < -0.39 is 5.97 Å². The number of hydrogen-bond donors (Lipinski definition) is 1. The first-order valence-electron chi connectivity index (χ1n) is 4.25. The van der Waals surface area contributed by atoms with E-state index in [1.807, 2.05) is 6.92 Å². The predicted octanol–water partition coefficient (Wildman–Crippen LogP) is 1.73. The van der Waals surface area contributed by atoms with E-state index in [-0.39, 0.29) is 0 Å². The molecule has 0 unspecified atom stereocenters. The van der Waals surface area contributed by atoms with Gasteiger partial charge in [0.2, 0.25) is 0 Å². The molecular formula is C10H13HgO2. The molecule has 2 nitrogen and oxygen atoms in total. The average Bonchev–Trinajstić information content (AvgIpc) is 2.06. The molecule has 0 radical (unpaired) electrons. The van der Waals surface area contributed by atoms with E-state index in [0.717, 1.165) is 32.5 Å². The van der Waals surface area contributed by atoms with Gasteiger partial charge < -0.3 is 5.11 Å². The number of hydrogen-bond acceptors (Lipinski definition) is 1. The Morgan fingerprint density at radius 2 is 1.92 bits per heavy atom. The molecule has 13 heavy (non-hydrogen) atoms. The van der Waals surface area contributed by atoms with Crippen LogP contribution in [0, 0.1) is 0 Å². The predicted molar refractivity (Wildman–Crippen MR) is 48.6 cm³/mol. The molecule has 1 aromatic carbocycles. The molecule has 0 aliphatic carbocycles. The van der Waals surface area contributed by atoms with Crippen molar-refractivity contribution in [2.45, 2.75) is 19.8 Å². The fourth-order valence-corrected chi connectivity index (χ4v) is 1.75. The maximum atomic E-state index is 9.60. The van der Waals surface area contributed by atoms with E-state index in [1.54, 1.807) is 0 Å². The monoisotopic (exact) mass is 367 g/mol. The van der Waals surface area contributed by atoms with Gasteiger partial charge in [0.1, 0.15) is 0 Å². The Bertz CT molecular complexity index is 234. The standard InChI is InChI=1S/C6H5.C4H8O2.Hg/c1-2-4-6-5-3-1;1-2-3-4(5)6;/h1-5H;2-3H2,1H3,(H,5,6);. The van der Waals surface area contributed by atoms with Gasteiger partial charge in [0.25, 0.3) is 0 Å². The SMILES string of the molecule is CCCC(=O)O.[Hg][c]1ccccc1. The molecule has 67 valence electrons. The first kappa shape index (κ1) is 12.6. The summed E-state index contributed by atoms with van der Waals surface area (Å²) in [4.78, 5) is 9.60. The number of carboxylic acids is 1. The summed E-state index contributed by atoms with van der Waals surface area (Å²) in [5, 5.41) is 7.91. The number of aliphatic carboxylic acids is 1. The van der Waals surface area contributed by atoms with Gasteiger partial charge in [-0.05, 0) is 6.42 Å². The molecule has 0 heterocycles. The molecule has 0 atom stereocenters. The van der Waals surface area contributed by atoms with Crippen molar-refractivity contribution in [2.75, 3.05) is 0 Å². The minimum atomic E-state index is -0.711. The van der Waals surface area contributed by atoms with E-state index in [9.17, 15) is 4.79 Å². The normalized spacial score (nSPS) is 8.54. The molecule has 0 aliphatic heterocycles. The van der Waals surface area contributed by atoms with Crippen LogP contribution in [0.2, 0.25) is 0 Å². The van der Waals surface area contributed by atoms with Crippen LogP contribution >= 0.6 is 0 Å². The molecule has 3 heteroatoms. The Morgan fingerprint density at radius 3 is 2.08 bits per heavy atom. The van der Waals surface area contributed by atoms with Gasteiger partial charge in [0.15, 0.2) is 0 Å². The molecule has 0 amide bonds. The van der Waals surface area contributed by atoms with Crippen molar-refractivity contribution in [1.82, 2.24) is 0 Å². The Balaban J connectivity index is 0.000000226. The average molecular weight is 366 g/mol. The Labute approximate surface area is 94.9 Å². The van der Waals surface area contributed by atoms with Gasteiger partial charge in [-0.3, -0.25) is 4.79 Å². The van der Waals surface area contributed by atoms with Gasteiger partial charge in [0.05, 0.1) is 0 Å². The number of benzene rings is 1. The van der Waals surface area contributed by atoms with E-state index in [4.69, 9.17) is 5.11 Å². The van der Waals surface area contributed by atoms with Crippen molar-refractivity contribution in [3.8, 4) is 0 Å². The molecule has 0 saturated heterocycles. The fourth-order valence-electron chi connectivity index (χ4n) is 0.692. The molecule has 0 aliphatic rings. The van der Waals surface area contributed by atoms with Crippen LogP contribution in [-0.2, 0) is 30.9 Å². The van der Waals surface area contributed by atoms with Crippen molar-refractivity contribution in [3.63, 3.8) is 0 Å². The third-order valence-electron chi connectivity index (χ3n) is 1.31. The fraction of sp³-hybridized carbons (Fsp3) is 0.300. The Kier molecular flexibility index (Phi) is 8.00. The van der Waals surface area contributed by atoms with Crippen LogP contribution in [-0.4, -0.2) is 11.1 Å². The van der Waals surface area contributed by atoms with Crippen LogP contribution in [0.15, 0.2) is 30.3 Å². The van der Waals surface area contributed by atoms with E-state index >= 15 is 0 Å². The van der Waals surface area contributed by atoms with Gasteiger partial charge in [0, 0.05) is 6.42 Å². The van der Waals surface area contributed by atoms with Gasteiger partial charge in [-0.2, -0.15) is 0 Å². The number of rotatable bonds is 2. The van der Waals surface area contributed by atoms with Crippen molar-refractivity contribution >= 4 is 9.04 Å². The third-order valence-corrected chi connectivity index (χ3v) is 3.14. The van der Waals surface area contributed by atoms with E-state index in [1.165, 1.54) is 3.07 Å². The summed E-state index contributed by atoms with van der Waals surface area (Å²) in [5.74, 6) is -0.711. The molecule has 1 N–H and O–H groups in total. The first-order valence-corrected chi connectivity index (χ1v) is 7.00. The number of carboxylic acid groups (broad SMARTS) is 1. The molecule has 1 rings (SSSR count). The molecule has 0 saturated carbocycles. The topological polar surface area (TPSA) is 37.3 Å². The van der Waals surface area contributed by atoms with Crippen molar-refractivity contribution in [1.29, 1.82) is 0 Å². The van der Waals surface area contributed by atoms with Crippen LogP contribution < -0.4 is 3.07 Å². The Morgan fingerprint density at radius 1 is 1.38 bits per heavy atom. The van der Waals surface area contributed by atoms with Crippen LogP contribution in [0.4, 0.5) is 0 Å². The van der Waals surface area contributed by atoms with Gasteiger partial charge in [-0.1, -0.05) is 6.92 Å². The zero-order valence-corrected chi connectivity index (χ0v) is 13.4. The van der Waals surface area contributed by atoms with E-state index in [2.05, 4.69) is 30.3 Å². The van der Waals surface area contributed by atoms with Crippen LogP contribution in [0.5, 0.6) is 0 Å². The van der Waals surface area contributed by atoms with Crippen molar-refractivity contribution < 1.29 is 36.0 Å². The van der Waals surface area contributed by atoms with Gasteiger partial charge >= 0.3 is 65.5 Å². The molecule has 0 bridgehead atoms. The van der Waals surface area contributed by atoms with Crippen LogP contribution in [0.1, 0.15) is 19.8 Å². The molecule has 0 aromatic heterocycles. The summed E-state index contributed by atoms with van der Waals surface area (Å²) in [7, 11) is 0. The van der Waals surface area contributed by atoms with E-state index in [0.29, 0.717) is 6.42 Å². The third kappa shape index (κ3) is 9.54. The van der Waals surface area contributed by atoms with Gasteiger partial charge in [-0.25, -0.2) is 0 Å². The first-order chi connectivity index (χ1) is 6.16. The second-order valence-corrected chi connectivity index (χ2v) is 5.80. The summed E-state index contributed by atoms with van der Waals surface area (Å²) in [5.41, 5.74) is 0. The quantitative estimate of drug-likeness (QED) is 0.810. The Hall–Kier alpha value is -0.375. The maximum absolute atomic E-state index is 9.60. The second kappa shape index (κ2) is 8.23. The minimum absolute atomic E-state index is 0.292. The summed E-state index contributed by atoms with van der Waals surface area (Å²) in [6.45, 7) is 1.84. The van der Waals surface area contributed by atoms with Crippen LogP contribution in [0.25, 0.3) is 0 Å².